The van der Waals surface area contributed by atoms with Crippen LogP contribution in [0, 0.1) is 6.92 Å². The van der Waals surface area contributed by atoms with Crippen LogP contribution in [0.15, 0.2) is 54.6 Å². The third-order valence-electron chi connectivity index (χ3n) is 5.53. The standard InChI is InChI=1S/C23H22Cl2N4O2/c1-15-11-20-21(30)28(13-17-5-9-19(25)10-6-17)23(2,14-29(20)27-15)22(31)26-12-16-3-7-18(24)8-4-16/h3-11H,12-14H2,1-2H3,(H,26,31)/t23-/m1/s1. The highest BCUT2D eigenvalue weighted by atomic mass is 35.5. The van der Waals surface area contributed by atoms with Crippen LogP contribution in [0.1, 0.15) is 34.2 Å². The van der Waals surface area contributed by atoms with Gasteiger partial charge in [-0.05, 0) is 55.3 Å². The van der Waals surface area contributed by atoms with Crippen LogP contribution in [0.2, 0.25) is 10.0 Å². The highest BCUT2D eigenvalue weighted by Crippen LogP contribution is 2.29. The first-order valence-corrected chi connectivity index (χ1v) is 10.7. The Hall–Kier alpha value is -2.83. The van der Waals surface area contributed by atoms with E-state index >= 15 is 0 Å². The molecule has 0 spiro atoms. The average molecular weight is 457 g/mol. The van der Waals surface area contributed by atoms with E-state index in [9.17, 15) is 9.59 Å². The number of hydrogen-bond acceptors (Lipinski definition) is 3. The summed E-state index contributed by atoms with van der Waals surface area (Å²) in [5, 5.41) is 8.64. The quantitative estimate of drug-likeness (QED) is 0.624. The zero-order chi connectivity index (χ0) is 22.2. The molecule has 0 aliphatic carbocycles. The number of amides is 2. The Kier molecular flexibility index (Phi) is 5.77. The number of carbonyl (C=O) groups is 2. The van der Waals surface area contributed by atoms with Crippen LogP contribution in [0.4, 0.5) is 0 Å². The van der Waals surface area contributed by atoms with Crippen LogP contribution in [0.5, 0.6) is 0 Å². The second kappa shape index (κ2) is 8.36. The van der Waals surface area contributed by atoms with Gasteiger partial charge in [-0.15, -0.1) is 0 Å². The SMILES string of the molecule is Cc1cc2n(n1)C[C@](C)(C(=O)NCc1ccc(Cl)cc1)N(Cc1ccc(Cl)cc1)C2=O. The van der Waals surface area contributed by atoms with E-state index in [1.807, 2.05) is 31.2 Å². The zero-order valence-corrected chi connectivity index (χ0v) is 18.7. The normalized spacial score (nSPS) is 18.1. The van der Waals surface area contributed by atoms with E-state index in [4.69, 9.17) is 23.2 Å². The molecule has 0 saturated carbocycles. The van der Waals surface area contributed by atoms with E-state index in [0.29, 0.717) is 22.3 Å². The highest BCUT2D eigenvalue weighted by molar-refractivity contribution is 6.30. The fourth-order valence-corrected chi connectivity index (χ4v) is 4.02. The van der Waals surface area contributed by atoms with Crippen molar-refractivity contribution in [2.75, 3.05) is 0 Å². The molecule has 1 aromatic heterocycles. The maximum Gasteiger partial charge on any atom is 0.273 e. The first-order chi connectivity index (χ1) is 14.8. The number of halogens is 2. The number of hydrogen-bond donors (Lipinski definition) is 1. The van der Waals surface area contributed by atoms with Gasteiger partial charge in [-0.1, -0.05) is 47.5 Å². The highest BCUT2D eigenvalue weighted by Gasteiger charge is 2.47. The topological polar surface area (TPSA) is 67.2 Å². The van der Waals surface area contributed by atoms with Crippen LogP contribution in [-0.4, -0.2) is 32.0 Å². The third kappa shape index (κ3) is 4.31. The van der Waals surface area contributed by atoms with Crippen LogP contribution in [-0.2, 0) is 24.4 Å². The molecule has 2 heterocycles. The molecule has 1 aliphatic rings. The second-order valence-corrected chi connectivity index (χ2v) is 8.80. The molecule has 160 valence electrons. The lowest BCUT2D eigenvalue weighted by atomic mass is 9.94. The molecule has 6 nitrogen and oxygen atoms in total. The number of carbonyl (C=O) groups excluding carboxylic acids is 2. The fourth-order valence-electron chi connectivity index (χ4n) is 3.77. The Bertz CT molecular complexity index is 1130. The van der Waals surface area contributed by atoms with Crippen molar-refractivity contribution in [3.05, 3.63) is 87.2 Å². The van der Waals surface area contributed by atoms with Crippen molar-refractivity contribution in [1.82, 2.24) is 20.0 Å². The van der Waals surface area contributed by atoms with Crippen molar-refractivity contribution >= 4 is 35.0 Å². The third-order valence-corrected chi connectivity index (χ3v) is 6.03. The number of rotatable bonds is 5. The number of nitrogens with one attached hydrogen (secondary N) is 1. The molecule has 3 aromatic rings. The van der Waals surface area contributed by atoms with Crippen molar-refractivity contribution in [1.29, 1.82) is 0 Å². The summed E-state index contributed by atoms with van der Waals surface area (Å²) in [7, 11) is 0. The number of aryl methyl sites for hydroxylation is 1. The average Bonchev–Trinajstić information content (AvgIpc) is 3.11. The lowest BCUT2D eigenvalue weighted by Gasteiger charge is -2.43. The first-order valence-electron chi connectivity index (χ1n) is 9.90. The first kappa shape index (κ1) is 21.4. The van der Waals surface area contributed by atoms with Gasteiger partial charge in [0.15, 0.2) is 0 Å². The van der Waals surface area contributed by atoms with Gasteiger partial charge in [-0.2, -0.15) is 5.10 Å². The molecule has 8 heteroatoms. The van der Waals surface area contributed by atoms with Crippen LogP contribution < -0.4 is 5.32 Å². The van der Waals surface area contributed by atoms with Crippen LogP contribution in [0.3, 0.4) is 0 Å². The molecule has 0 saturated heterocycles. The summed E-state index contributed by atoms with van der Waals surface area (Å²) >= 11 is 11.9. The Morgan fingerprint density at radius 3 is 2.26 bits per heavy atom. The lowest BCUT2D eigenvalue weighted by molar-refractivity contribution is -0.133. The predicted octanol–water partition coefficient (Wildman–Crippen LogP) is 4.23. The minimum absolute atomic E-state index is 0.231. The summed E-state index contributed by atoms with van der Waals surface area (Å²) in [4.78, 5) is 28.4. The maximum absolute atomic E-state index is 13.4. The molecule has 0 bridgehead atoms. The molecule has 2 aromatic carbocycles. The summed E-state index contributed by atoms with van der Waals surface area (Å²) < 4.78 is 1.62. The largest absolute Gasteiger partial charge is 0.350 e. The molecule has 1 aliphatic heterocycles. The molecule has 0 fully saturated rings. The van der Waals surface area contributed by atoms with Crippen molar-refractivity contribution in [3.8, 4) is 0 Å². The van der Waals surface area contributed by atoms with E-state index in [1.165, 1.54) is 0 Å². The van der Waals surface area contributed by atoms with Crippen LogP contribution in [0.25, 0.3) is 0 Å². The number of fused-ring (bicyclic) bond motifs is 1. The fraction of sp³-hybridized carbons (Fsp3) is 0.261. The summed E-state index contributed by atoms with van der Waals surface area (Å²) in [5.41, 5.74) is 1.91. The van der Waals surface area contributed by atoms with Crippen molar-refractivity contribution in [2.24, 2.45) is 0 Å². The van der Waals surface area contributed by atoms with Crippen molar-refractivity contribution in [2.45, 2.75) is 39.0 Å². The van der Waals surface area contributed by atoms with Gasteiger partial charge in [-0.25, -0.2) is 0 Å². The van der Waals surface area contributed by atoms with Gasteiger partial charge in [0.25, 0.3) is 5.91 Å². The van der Waals surface area contributed by atoms with Gasteiger partial charge in [-0.3, -0.25) is 14.3 Å². The molecular formula is C23H22Cl2N4O2. The lowest BCUT2D eigenvalue weighted by Crippen LogP contribution is -2.63. The van der Waals surface area contributed by atoms with Gasteiger partial charge < -0.3 is 10.2 Å². The number of nitrogens with zero attached hydrogens (tertiary/aromatic N) is 3. The summed E-state index contributed by atoms with van der Waals surface area (Å²) in [5.74, 6) is -0.477. The summed E-state index contributed by atoms with van der Waals surface area (Å²) in [6.07, 6.45) is 0. The summed E-state index contributed by atoms with van der Waals surface area (Å²) in [6.45, 7) is 4.49. The predicted molar refractivity (Wildman–Crippen MR) is 120 cm³/mol. The van der Waals surface area contributed by atoms with E-state index in [-0.39, 0.29) is 24.9 Å². The van der Waals surface area contributed by atoms with Gasteiger partial charge in [0.1, 0.15) is 11.2 Å². The monoisotopic (exact) mass is 456 g/mol. The van der Waals surface area contributed by atoms with Gasteiger partial charge >= 0.3 is 0 Å². The van der Waals surface area contributed by atoms with Gasteiger partial charge in [0, 0.05) is 23.1 Å². The molecule has 31 heavy (non-hydrogen) atoms. The molecule has 0 unspecified atom stereocenters. The smallest absolute Gasteiger partial charge is 0.273 e. The Labute approximate surface area is 190 Å². The van der Waals surface area contributed by atoms with E-state index < -0.39 is 5.54 Å². The van der Waals surface area contributed by atoms with Gasteiger partial charge in [0.2, 0.25) is 5.91 Å². The van der Waals surface area contributed by atoms with Crippen molar-refractivity contribution < 1.29 is 9.59 Å². The van der Waals surface area contributed by atoms with E-state index in [1.54, 1.807) is 46.8 Å². The second-order valence-electron chi connectivity index (χ2n) is 7.93. The number of benzene rings is 2. The van der Waals surface area contributed by atoms with Crippen LogP contribution >= 0.6 is 23.2 Å². The Balaban J connectivity index is 1.63. The molecule has 4 rings (SSSR count). The van der Waals surface area contributed by atoms with Gasteiger partial charge in [0.05, 0.1) is 12.2 Å². The molecule has 0 radical (unpaired) electrons. The molecule has 1 N–H and O–H groups in total. The Morgan fingerprint density at radius 2 is 1.65 bits per heavy atom. The Morgan fingerprint density at radius 1 is 1.06 bits per heavy atom. The minimum Gasteiger partial charge on any atom is -0.350 e. The molecule has 1 atom stereocenters. The minimum atomic E-state index is -1.12. The van der Waals surface area contributed by atoms with E-state index in [0.717, 1.165) is 16.8 Å². The maximum atomic E-state index is 13.4. The zero-order valence-electron chi connectivity index (χ0n) is 17.2. The molecule has 2 amide bonds. The number of aromatic nitrogens is 2. The van der Waals surface area contributed by atoms with Crippen molar-refractivity contribution in [3.63, 3.8) is 0 Å². The van der Waals surface area contributed by atoms with E-state index in [2.05, 4.69) is 10.4 Å². The summed E-state index contributed by atoms with van der Waals surface area (Å²) in [6, 6.07) is 16.3. The molecular weight excluding hydrogens is 435 g/mol.